The first-order valence-corrected chi connectivity index (χ1v) is 4.83. The van der Waals surface area contributed by atoms with Crippen LogP contribution in [0.4, 0.5) is 4.79 Å². The highest BCUT2D eigenvalue weighted by Gasteiger charge is 2.34. The number of carbonyl (C=O) groups excluding carboxylic acids is 1. The molecule has 1 aliphatic carbocycles. The maximum Gasteiger partial charge on any atom is 0.328 e. The van der Waals surface area contributed by atoms with Gasteiger partial charge in [-0.05, 0) is 12.3 Å². The zero-order valence-corrected chi connectivity index (χ0v) is 8.82. The molecule has 2 amide bonds. The summed E-state index contributed by atoms with van der Waals surface area (Å²) in [5.41, 5.74) is 0. The molecule has 0 spiro atoms. The minimum absolute atomic E-state index is 0.0387. The second-order valence-electron chi connectivity index (χ2n) is 3.78. The molecule has 1 aliphatic rings. The molecule has 3 N–H and O–H groups in total. The van der Waals surface area contributed by atoms with Crippen molar-refractivity contribution in [2.45, 2.75) is 25.4 Å². The molecule has 0 radical (unpaired) electrons. The summed E-state index contributed by atoms with van der Waals surface area (Å²) in [4.78, 5) is 22.0. The molecule has 0 aliphatic heterocycles. The van der Waals surface area contributed by atoms with E-state index in [4.69, 9.17) is 5.11 Å². The lowest BCUT2D eigenvalue weighted by atomic mass is 10.3. The molecule has 0 heterocycles. The molecule has 15 heavy (non-hydrogen) atoms. The van der Waals surface area contributed by atoms with Crippen LogP contribution in [-0.2, 0) is 9.53 Å². The smallest absolute Gasteiger partial charge is 0.328 e. The second-order valence-corrected chi connectivity index (χ2v) is 3.78. The molecule has 1 saturated carbocycles. The van der Waals surface area contributed by atoms with E-state index in [0.29, 0.717) is 5.92 Å². The molecule has 0 saturated heterocycles. The van der Waals surface area contributed by atoms with Gasteiger partial charge in [-0.3, -0.25) is 0 Å². The fourth-order valence-corrected chi connectivity index (χ4v) is 1.23. The van der Waals surface area contributed by atoms with Gasteiger partial charge < -0.3 is 20.5 Å². The van der Waals surface area contributed by atoms with Crippen LogP contribution >= 0.6 is 0 Å². The van der Waals surface area contributed by atoms with E-state index in [2.05, 4.69) is 15.4 Å². The molecule has 1 rings (SSSR count). The van der Waals surface area contributed by atoms with Gasteiger partial charge in [-0.2, -0.15) is 0 Å². The first-order chi connectivity index (χ1) is 7.04. The first kappa shape index (κ1) is 11.8. The van der Waals surface area contributed by atoms with E-state index >= 15 is 0 Å². The Morgan fingerprint density at radius 3 is 2.60 bits per heavy atom. The molecule has 0 aromatic rings. The van der Waals surface area contributed by atoms with Crippen molar-refractivity contribution in [1.29, 1.82) is 0 Å². The van der Waals surface area contributed by atoms with Crippen molar-refractivity contribution in [3.8, 4) is 0 Å². The highest BCUT2D eigenvalue weighted by molar-refractivity contribution is 5.82. The average Bonchev–Trinajstić information content (AvgIpc) is 2.80. The minimum Gasteiger partial charge on any atom is -0.480 e. The lowest BCUT2D eigenvalue weighted by molar-refractivity contribution is -0.140. The highest BCUT2D eigenvalue weighted by atomic mass is 16.5. The van der Waals surface area contributed by atoms with Crippen LogP contribution < -0.4 is 10.6 Å². The molecular formula is C9H16N2O4. The van der Waals surface area contributed by atoms with Gasteiger partial charge in [0.05, 0.1) is 6.61 Å². The maximum absolute atomic E-state index is 11.3. The summed E-state index contributed by atoms with van der Waals surface area (Å²) in [6.45, 7) is 1.98. The Morgan fingerprint density at radius 1 is 1.60 bits per heavy atom. The van der Waals surface area contributed by atoms with Gasteiger partial charge in [0.2, 0.25) is 0 Å². The lowest BCUT2D eigenvalue weighted by Crippen LogP contribution is -2.48. The van der Waals surface area contributed by atoms with Crippen LogP contribution in [0, 0.1) is 5.92 Å². The first-order valence-electron chi connectivity index (χ1n) is 4.83. The number of hydrogen-bond donors (Lipinski definition) is 3. The van der Waals surface area contributed by atoms with E-state index < -0.39 is 18.0 Å². The fraction of sp³-hybridized carbons (Fsp3) is 0.778. The van der Waals surface area contributed by atoms with Gasteiger partial charge in [0, 0.05) is 13.2 Å². The number of ether oxygens (including phenoxy) is 1. The van der Waals surface area contributed by atoms with Crippen LogP contribution in [0.15, 0.2) is 0 Å². The molecule has 6 heteroatoms. The summed E-state index contributed by atoms with van der Waals surface area (Å²) in [6.07, 6.45) is 0.954. The van der Waals surface area contributed by atoms with E-state index in [-0.39, 0.29) is 12.6 Å². The van der Waals surface area contributed by atoms with Crippen molar-refractivity contribution in [1.82, 2.24) is 10.6 Å². The molecule has 0 aromatic heterocycles. The molecule has 0 aromatic carbocycles. The van der Waals surface area contributed by atoms with Gasteiger partial charge in [0.15, 0.2) is 6.04 Å². The van der Waals surface area contributed by atoms with Crippen molar-refractivity contribution in [3.63, 3.8) is 0 Å². The number of hydrogen-bond acceptors (Lipinski definition) is 3. The largest absolute Gasteiger partial charge is 0.480 e. The summed E-state index contributed by atoms with van der Waals surface area (Å²) < 4.78 is 4.68. The van der Waals surface area contributed by atoms with E-state index in [9.17, 15) is 9.59 Å². The number of carboxylic acid groups (broad SMARTS) is 1. The Hall–Kier alpha value is -1.30. The molecule has 0 bridgehead atoms. The van der Waals surface area contributed by atoms with Gasteiger partial charge in [0.25, 0.3) is 0 Å². The topological polar surface area (TPSA) is 87.7 Å². The number of amides is 2. The van der Waals surface area contributed by atoms with Crippen molar-refractivity contribution in [2.75, 3.05) is 13.7 Å². The third kappa shape index (κ3) is 3.75. The second kappa shape index (κ2) is 4.97. The number of carbonyl (C=O) groups is 2. The lowest BCUT2D eigenvalue weighted by Gasteiger charge is -2.13. The summed E-state index contributed by atoms with van der Waals surface area (Å²) in [5, 5.41) is 13.7. The summed E-state index contributed by atoms with van der Waals surface area (Å²) in [6, 6.07) is -1.26. The van der Waals surface area contributed by atoms with Crippen molar-refractivity contribution < 1.29 is 19.4 Å². The monoisotopic (exact) mass is 216 g/mol. The summed E-state index contributed by atoms with van der Waals surface area (Å²) in [5.74, 6) is -0.614. The Bertz CT molecular complexity index is 256. The number of rotatable bonds is 5. The van der Waals surface area contributed by atoms with E-state index in [1.807, 2.05) is 6.92 Å². The van der Waals surface area contributed by atoms with Gasteiger partial charge in [0.1, 0.15) is 0 Å². The van der Waals surface area contributed by atoms with E-state index in [0.717, 1.165) is 6.42 Å². The van der Waals surface area contributed by atoms with Crippen LogP contribution in [0.1, 0.15) is 13.3 Å². The van der Waals surface area contributed by atoms with Crippen LogP contribution in [0.2, 0.25) is 0 Å². The van der Waals surface area contributed by atoms with Crippen molar-refractivity contribution >= 4 is 12.0 Å². The Labute approximate surface area is 88.0 Å². The predicted octanol–water partition coefficient (Wildman–Crippen LogP) is -0.206. The Morgan fingerprint density at radius 2 is 2.20 bits per heavy atom. The zero-order valence-electron chi connectivity index (χ0n) is 8.82. The molecule has 3 atom stereocenters. The van der Waals surface area contributed by atoms with Crippen LogP contribution in [0.3, 0.4) is 0 Å². The van der Waals surface area contributed by atoms with Gasteiger partial charge in [-0.1, -0.05) is 6.92 Å². The molecule has 6 nitrogen and oxygen atoms in total. The van der Waals surface area contributed by atoms with E-state index in [1.54, 1.807) is 0 Å². The maximum atomic E-state index is 11.3. The number of nitrogens with one attached hydrogen (secondary N) is 2. The number of aliphatic carboxylic acids is 1. The fourth-order valence-electron chi connectivity index (χ4n) is 1.23. The molecule has 3 unspecified atom stereocenters. The highest BCUT2D eigenvalue weighted by Crippen LogP contribution is 2.28. The Balaban J connectivity index is 2.30. The minimum atomic E-state index is -1.10. The number of carboxylic acids is 1. The third-order valence-corrected chi connectivity index (χ3v) is 2.36. The van der Waals surface area contributed by atoms with Gasteiger partial charge >= 0.3 is 12.0 Å². The quantitative estimate of drug-likeness (QED) is 0.593. The molecule has 1 fully saturated rings. The average molecular weight is 216 g/mol. The molecular weight excluding hydrogens is 200 g/mol. The third-order valence-electron chi connectivity index (χ3n) is 2.36. The molecule has 86 valence electrons. The number of methoxy groups -OCH3 is 1. The van der Waals surface area contributed by atoms with Crippen molar-refractivity contribution in [2.24, 2.45) is 5.92 Å². The van der Waals surface area contributed by atoms with Gasteiger partial charge in [-0.15, -0.1) is 0 Å². The van der Waals surface area contributed by atoms with Gasteiger partial charge in [-0.25, -0.2) is 9.59 Å². The standard InChI is InChI=1S/C9H16N2O4/c1-5-3-6(5)10-9(14)11-7(4-15-2)8(12)13/h5-7H,3-4H2,1-2H3,(H,12,13)(H2,10,11,14). The summed E-state index contributed by atoms with van der Waals surface area (Å²) in [7, 11) is 1.39. The summed E-state index contributed by atoms with van der Waals surface area (Å²) >= 11 is 0. The van der Waals surface area contributed by atoms with Crippen LogP contribution in [-0.4, -0.2) is 42.9 Å². The Kier molecular flexibility index (Phi) is 3.90. The normalized spacial score (nSPS) is 25.5. The van der Waals surface area contributed by atoms with Crippen LogP contribution in [0.5, 0.6) is 0 Å². The van der Waals surface area contributed by atoms with E-state index in [1.165, 1.54) is 7.11 Å². The van der Waals surface area contributed by atoms with Crippen LogP contribution in [0.25, 0.3) is 0 Å². The zero-order chi connectivity index (χ0) is 11.4. The number of urea groups is 1. The SMILES string of the molecule is COCC(NC(=O)NC1CC1C)C(=O)O. The van der Waals surface area contributed by atoms with Crippen molar-refractivity contribution in [3.05, 3.63) is 0 Å². The predicted molar refractivity (Wildman–Crippen MR) is 52.5 cm³/mol.